The van der Waals surface area contributed by atoms with Crippen LogP contribution in [0.1, 0.15) is 49.7 Å². The minimum Gasteiger partial charge on any atom is -0.347 e. The standard InChI is InChI=1S/C16H24FN3O/c1-11(2)20-7-5-16(4,6-8-20)19-15(21)13-9-12(3)18-10-14(13)17/h9-11H,5-8H2,1-4H3,(H,19,21). The van der Waals surface area contributed by atoms with Crippen LogP contribution in [0.3, 0.4) is 0 Å². The third-order valence-corrected chi connectivity index (χ3v) is 4.28. The molecule has 0 unspecified atom stereocenters. The second-order valence-electron chi connectivity index (χ2n) is 6.45. The van der Waals surface area contributed by atoms with Crippen molar-refractivity contribution in [3.05, 3.63) is 29.3 Å². The van der Waals surface area contributed by atoms with Crippen LogP contribution in [0.5, 0.6) is 0 Å². The number of likely N-dealkylation sites (tertiary alicyclic amines) is 1. The van der Waals surface area contributed by atoms with E-state index in [1.807, 2.05) is 6.92 Å². The number of pyridine rings is 1. The van der Waals surface area contributed by atoms with Crippen LogP contribution in [0.4, 0.5) is 4.39 Å². The Hall–Kier alpha value is -1.49. The average Bonchev–Trinajstić information content (AvgIpc) is 2.41. The molecule has 0 radical (unpaired) electrons. The maximum absolute atomic E-state index is 13.7. The maximum atomic E-state index is 13.7. The zero-order chi connectivity index (χ0) is 15.6. The Morgan fingerprint density at radius 1 is 1.43 bits per heavy atom. The summed E-state index contributed by atoms with van der Waals surface area (Å²) in [6.45, 7) is 10.0. The summed E-state index contributed by atoms with van der Waals surface area (Å²) >= 11 is 0. The van der Waals surface area contributed by atoms with Crippen molar-refractivity contribution in [2.45, 2.75) is 52.1 Å². The molecule has 1 saturated heterocycles. The SMILES string of the molecule is Cc1cc(C(=O)NC2(C)CCN(C(C)C)CC2)c(F)cn1. The normalized spacial score (nSPS) is 18.8. The molecule has 2 heterocycles. The molecule has 1 aliphatic heterocycles. The predicted octanol–water partition coefficient (Wildman–Crippen LogP) is 2.52. The molecule has 0 bridgehead atoms. The molecule has 2 rings (SSSR count). The van der Waals surface area contributed by atoms with Crippen molar-refractivity contribution in [2.75, 3.05) is 13.1 Å². The number of amides is 1. The molecular weight excluding hydrogens is 269 g/mol. The van der Waals surface area contributed by atoms with Crippen LogP contribution in [0.15, 0.2) is 12.3 Å². The van der Waals surface area contributed by atoms with Gasteiger partial charge in [0.2, 0.25) is 0 Å². The number of aromatic nitrogens is 1. The Bertz CT molecular complexity index is 522. The van der Waals surface area contributed by atoms with Crippen molar-refractivity contribution < 1.29 is 9.18 Å². The number of hydrogen-bond donors (Lipinski definition) is 1. The lowest BCUT2D eigenvalue weighted by Gasteiger charge is -2.41. The van der Waals surface area contributed by atoms with E-state index in [1.165, 1.54) is 6.07 Å². The van der Waals surface area contributed by atoms with Gasteiger partial charge in [0, 0.05) is 30.4 Å². The topological polar surface area (TPSA) is 45.2 Å². The molecule has 0 aliphatic carbocycles. The highest BCUT2D eigenvalue weighted by atomic mass is 19.1. The lowest BCUT2D eigenvalue weighted by atomic mass is 9.88. The number of nitrogens with one attached hydrogen (secondary N) is 1. The minimum atomic E-state index is -0.568. The Morgan fingerprint density at radius 3 is 2.62 bits per heavy atom. The number of carbonyl (C=O) groups is 1. The Balaban J connectivity index is 2.04. The van der Waals surface area contributed by atoms with E-state index < -0.39 is 5.82 Å². The van der Waals surface area contributed by atoms with Crippen molar-refractivity contribution in [3.63, 3.8) is 0 Å². The quantitative estimate of drug-likeness (QED) is 0.931. The molecule has 1 aromatic heterocycles. The van der Waals surface area contributed by atoms with E-state index in [0.717, 1.165) is 32.1 Å². The lowest BCUT2D eigenvalue weighted by Crippen LogP contribution is -2.54. The second kappa shape index (κ2) is 6.10. The molecule has 21 heavy (non-hydrogen) atoms. The van der Waals surface area contributed by atoms with Gasteiger partial charge in [0.05, 0.1) is 11.8 Å². The number of hydrogen-bond acceptors (Lipinski definition) is 3. The van der Waals surface area contributed by atoms with Crippen LogP contribution in [0, 0.1) is 12.7 Å². The summed E-state index contributed by atoms with van der Waals surface area (Å²) in [5, 5.41) is 3.01. The molecule has 0 spiro atoms. The average molecular weight is 293 g/mol. The molecule has 4 nitrogen and oxygen atoms in total. The maximum Gasteiger partial charge on any atom is 0.254 e. The van der Waals surface area contributed by atoms with Crippen LogP contribution < -0.4 is 5.32 Å². The van der Waals surface area contributed by atoms with Gasteiger partial charge in [-0.1, -0.05) is 0 Å². The smallest absolute Gasteiger partial charge is 0.254 e. The fourth-order valence-corrected chi connectivity index (χ4v) is 2.72. The third kappa shape index (κ3) is 3.79. The van der Waals surface area contributed by atoms with E-state index in [4.69, 9.17) is 0 Å². The molecule has 1 N–H and O–H groups in total. The van der Waals surface area contributed by atoms with Gasteiger partial charge in [-0.25, -0.2) is 4.39 Å². The van der Waals surface area contributed by atoms with Crippen LogP contribution in [-0.4, -0.2) is 40.5 Å². The van der Waals surface area contributed by atoms with Gasteiger partial charge in [-0.2, -0.15) is 0 Å². The monoisotopic (exact) mass is 293 g/mol. The van der Waals surface area contributed by atoms with Gasteiger partial charge in [-0.3, -0.25) is 9.78 Å². The molecule has 0 aromatic carbocycles. The summed E-state index contributed by atoms with van der Waals surface area (Å²) in [6.07, 6.45) is 2.86. The fourth-order valence-electron chi connectivity index (χ4n) is 2.72. The number of piperidine rings is 1. The first-order chi connectivity index (χ1) is 9.81. The first kappa shape index (κ1) is 15.9. The Kier molecular flexibility index (Phi) is 4.61. The van der Waals surface area contributed by atoms with Gasteiger partial charge < -0.3 is 10.2 Å². The van der Waals surface area contributed by atoms with Gasteiger partial charge in [-0.15, -0.1) is 0 Å². The minimum absolute atomic E-state index is 0.0787. The second-order valence-corrected chi connectivity index (χ2v) is 6.45. The highest BCUT2D eigenvalue weighted by Crippen LogP contribution is 2.23. The summed E-state index contributed by atoms with van der Waals surface area (Å²) < 4.78 is 13.7. The van der Waals surface area contributed by atoms with Crippen molar-refractivity contribution in [3.8, 4) is 0 Å². The van der Waals surface area contributed by atoms with Gasteiger partial charge in [0.15, 0.2) is 5.82 Å². The molecule has 1 amide bonds. The zero-order valence-electron chi connectivity index (χ0n) is 13.2. The fraction of sp³-hybridized carbons (Fsp3) is 0.625. The number of rotatable bonds is 3. The van der Waals surface area contributed by atoms with Crippen molar-refractivity contribution in [1.82, 2.24) is 15.2 Å². The molecule has 5 heteroatoms. The van der Waals surface area contributed by atoms with Crippen LogP contribution in [-0.2, 0) is 0 Å². The summed E-state index contributed by atoms with van der Waals surface area (Å²) in [5.74, 6) is -0.917. The Labute approximate surface area is 125 Å². The molecule has 1 fully saturated rings. The third-order valence-electron chi connectivity index (χ3n) is 4.28. The largest absolute Gasteiger partial charge is 0.347 e. The first-order valence-corrected chi connectivity index (χ1v) is 7.49. The van der Waals surface area contributed by atoms with Crippen LogP contribution >= 0.6 is 0 Å². The van der Waals surface area contributed by atoms with Gasteiger partial charge >= 0.3 is 0 Å². The number of halogens is 1. The van der Waals surface area contributed by atoms with Crippen LogP contribution in [0.25, 0.3) is 0 Å². The highest BCUT2D eigenvalue weighted by molar-refractivity contribution is 5.95. The Morgan fingerprint density at radius 2 is 2.05 bits per heavy atom. The van der Waals surface area contributed by atoms with E-state index >= 15 is 0 Å². The van der Waals surface area contributed by atoms with Crippen molar-refractivity contribution in [2.24, 2.45) is 0 Å². The van der Waals surface area contributed by atoms with Crippen LogP contribution in [0.2, 0.25) is 0 Å². The van der Waals surface area contributed by atoms with E-state index in [2.05, 4.69) is 29.0 Å². The van der Waals surface area contributed by atoms with Crippen molar-refractivity contribution in [1.29, 1.82) is 0 Å². The molecule has 0 atom stereocenters. The van der Waals surface area contributed by atoms with Gasteiger partial charge in [0.1, 0.15) is 0 Å². The van der Waals surface area contributed by atoms with E-state index in [1.54, 1.807) is 6.92 Å². The summed E-state index contributed by atoms with van der Waals surface area (Å²) in [4.78, 5) is 18.6. The first-order valence-electron chi connectivity index (χ1n) is 7.49. The molecule has 1 aliphatic rings. The summed E-state index contributed by atoms with van der Waals surface area (Å²) in [7, 11) is 0. The molecule has 1 aromatic rings. The lowest BCUT2D eigenvalue weighted by molar-refractivity contribution is 0.0797. The van der Waals surface area contributed by atoms with E-state index in [9.17, 15) is 9.18 Å². The van der Waals surface area contributed by atoms with Gasteiger partial charge in [0.25, 0.3) is 5.91 Å². The summed E-state index contributed by atoms with van der Waals surface area (Å²) in [5.41, 5.74) is 0.447. The number of carbonyl (C=O) groups excluding carboxylic acids is 1. The predicted molar refractivity (Wildman–Crippen MR) is 80.7 cm³/mol. The molecule has 116 valence electrons. The highest BCUT2D eigenvalue weighted by Gasteiger charge is 2.32. The molecular formula is C16H24FN3O. The van der Waals surface area contributed by atoms with Gasteiger partial charge in [-0.05, 0) is 46.6 Å². The zero-order valence-corrected chi connectivity index (χ0v) is 13.2. The van der Waals surface area contributed by atoms with Crippen molar-refractivity contribution >= 4 is 5.91 Å². The summed E-state index contributed by atoms with van der Waals surface area (Å²) in [6, 6.07) is 2.02. The van der Waals surface area contributed by atoms with E-state index in [-0.39, 0.29) is 17.0 Å². The number of nitrogens with zero attached hydrogens (tertiary/aromatic N) is 2. The van der Waals surface area contributed by atoms with E-state index in [0.29, 0.717) is 11.7 Å². The number of aryl methyl sites for hydroxylation is 1. The molecule has 0 saturated carbocycles.